The number of aliphatic hydroxyl groups excluding tert-OH is 2. The van der Waals surface area contributed by atoms with Gasteiger partial charge in [0, 0.05) is 23.1 Å². The maximum atomic E-state index is 10.9. The first-order chi connectivity index (χ1) is 15.5. The van der Waals surface area contributed by atoms with E-state index in [1.165, 1.54) is 36.2 Å². The second kappa shape index (κ2) is 6.97. The standard InChI is InChI=1S/C22H24N6O4/c1-22(31)18(30)16(9-29)32-21(22)28-11-25-17-19(23-10-24-20(17)28)27-7-6-13-12-4-2-3-5-14(12)26-15(13)8-27/h2-5,10-11,16,18,21,26,29-31H,6-9H2,1H3/t16-,18-,21-,22-/m1/s1. The number of ether oxygens (including phenoxy) is 1. The normalized spacial score (nSPS) is 28.0. The lowest BCUT2D eigenvalue weighted by Gasteiger charge is -2.28. The maximum Gasteiger partial charge on any atom is 0.168 e. The Morgan fingerprint density at radius 2 is 2.09 bits per heavy atom. The number of hydrogen-bond donors (Lipinski definition) is 4. The molecular weight excluding hydrogens is 412 g/mol. The molecule has 4 atom stereocenters. The van der Waals surface area contributed by atoms with Crippen LogP contribution < -0.4 is 4.90 Å². The third-order valence-corrected chi connectivity index (χ3v) is 6.71. The van der Waals surface area contributed by atoms with Gasteiger partial charge in [0.15, 0.2) is 23.2 Å². The molecule has 0 unspecified atom stereocenters. The molecule has 6 rings (SSSR count). The fourth-order valence-corrected chi connectivity index (χ4v) is 5.01. The highest BCUT2D eigenvalue weighted by molar-refractivity contribution is 5.87. The summed E-state index contributed by atoms with van der Waals surface area (Å²) >= 11 is 0. The first kappa shape index (κ1) is 19.6. The molecule has 32 heavy (non-hydrogen) atoms. The molecule has 2 aliphatic rings. The third kappa shape index (κ3) is 2.70. The van der Waals surface area contributed by atoms with Gasteiger partial charge in [-0.3, -0.25) is 4.57 Å². The Kier molecular flexibility index (Phi) is 4.28. The molecule has 3 aromatic heterocycles. The summed E-state index contributed by atoms with van der Waals surface area (Å²) in [5, 5.41) is 32.0. The minimum Gasteiger partial charge on any atom is -0.394 e. The molecule has 0 spiro atoms. The molecule has 1 saturated heterocycles. The predicted molar refractivity (Wildman–Crippen MR) is 116 cm³/mol. The SMILES string of the molecule is C[C@@]1(O)[C@H](O)[C@@H](CO)O[C@H]1n1cnc2c(N3CCc4c([nH]c5ccccc45)C3)ncnc21. The first-order valence-corrected chi connectivity index (χ1v) is 10.7. The third-order valence-electron chi connectivity index (χ3n) is 6.71. The van der Waals surface area contributed by atoms with Gasteiger partial charge in [-0.2, -0.15) is 0 Å². The van der Waals surface area contributed by atoms with E-state index in [4.69, 9.17) is 4.74 Å². The van der Waals surface area contributed by atoms with Gasteiger partial charge < -0.3 is 29.9 Å². The van der Waals surface area contributed by atoms with E-state index in [-0.39, 0.29) is 0 Å². The van der Waals surface area contributed by atoms with Gasteiger partial charge in [0.1, 0.15) is 24.1 Å². The minimum absolute atomic E-state index is 0.401. The number of para-hydroxylation sites is 1. The monoisotopic (exact) mass is 436 g/mol. The van der Waals surface area contributed by atoms with Crippen LogP contribution in [0.1, 0.15) is 24.4 Å². The molecule has 0 saturated carbocycles. The van der Waals surface area contributed by atoms with Crippen molar-refractivity contribution in [3.8, 4) is 0 Å². The highest BCUT2D eigenvalue weighted by Gasteiger charge is 2.53. The molecule has 1 aromatic carbocycles. The minimum atomic E-state index is -1.61. The Hall–Kier alpha value is -3.05. The van der Waals surface area contributed by atoms with Crippen LogP contribution in [0.15, 0.2) is 36.9 Å². The fraction of sp³-hybridized carbons (Fsp3) is 0.409. The summed E-state index contributed by atoms with van der Waals surface area (Å²) in [5.74, 6) is 0.704. The highest BCUT2D eigenvalue weighted by Crippen LogP contribution is 2.40. The first-order valence-electron chi connectivity index (χ1n) is 10.7. The summed E-state index contributed by atoms with van der Waals surface area (Å²) < 4.78 is 7.35. The van der Waals surface area contributed by atoms with E-state index in [1.807, 2.05) is 6.07 Å². The van der Waals surface area contributed by atoms with E-state index in [2.05, 4.69) is 43.0 Å². The quantitative estimate of drug-likeness (QED) is 0.372. The van der Waals surface area contributed by atoms with Crippen molar-refractivity contribution in [1.82, 2.24) is 24.5 Å². The van der Waals surface area contributed by atoms with Crippen LogP contribution in [0, 0.1) is 0 Å². The van der Waals surface area contributed by atoms with E-state index >= 15 is 0 Å². The van der Waals surface area contributed by atoms with Crippen molar-refractivity contribution >= 4 is 27.9 Å². The lowest BCUT2D eigenvalue weighted by atomic mass is 9.96. The Balaban J connectivity index is 1.37. The molecule has 2 aliphatic heterocycles. The Morgan fingerprint density at radius 3 is 2.91 bits per heavy atom. The van der Waals surface area contributed by atoms with Crippen LogP contribution in [-0.4, -0.2) is 70.8 Å². The summed E-state index contributed by atoms with van der Waals surface area (Å²) in [6, 6.07) is 8.32. The van der Waals surface area contributed by atoms with Gasteiger partial charge in [-0.15, -0.1) is 0 Å². The largest absolute Gasteiger partial charge is 0.394 e. The van der Waals surface area contributed by atoms with Crippen LogP contribution in [-0.2, 0) is 17.7 Å². The highest BCUT2D eigenvalue weighted by atomic mass is 16.6. The molecule has 0 amide bonds. The van der Waals surface area contributed by atoms with Gasteiger partial charge in [-0.25, -0.2) is 15.0 Å². The van der Waals surface area contributed by atoms with Gasteiger partial charge >= 0.3 is 0 Å². The van der Waals surface area contributed by atoms with Gasteiger partial charge in [0.25, 0.3) is 0 Å². The number of imidazole rings is 1. The molecule has 0 radical (unpaired) electrons. The molecular formula is C22H24N6O4. The number of aromatic amines is 1. The van der Waals surface area contributed by atoms with Crippen LogP contribution in [0.25, 0.3) is 22.1 Å². The van der Waals surface area contributed by atoms with Crippen molar-refractivity contribution < 1.29 is 20.1 Å². The van der Waals surface area contributed by atoms with E-state index in [0.29, 0.717) is 23.5 Å². The molecule has 166 valence electrons. The average Bonchev–Trinajstić information content (AvgIpc) is 3.45. The van der Waals surface area contributed by atoms with Crippen molar-refractivity contribution in [2.45, 2.75) is 43.9 Å². The van der Waals surface area contributed by atoms with Gasteiger partial charge in [-0.1, -0.05) is 18.2 Å². The molecule has 0 aliphatic carbocycles. The van der Waals surface area contributed by atoms with Crippen LogP contribution >= 0.6 is 0 Å². The second-order valence-electron chi connectivity index (χ2n) is 8.70. The van der Waals surface area contributed by atoms with E-state index < -0.39 is 30.6 Å². The topological polar surface area (TPSA) is 133 Å². The summed E-state index contributed by atoms with van der Waals surface area (Å²) in [7, 11) is 0. The number of hydrogen-bond acceptors (Lipinski definition) is 8. The number of anilines is 1. The number of rotatable bonds is 3. The van der Waals surface area contributed by atoms with Crippen molar-refractivity contribution in [2.75, 3.05) is 18.1 Å². The summed E-state index contributed by atoms with van der Waals surface area (Å²) in [6.45, 7) is 2.54. The van der Waals surface area contributed by atoms with E-state index in [9.17, 15) is 15.3 Å². The summed E-state index contributed by atoms with van der Waals surface area (Å²) in [6.07, 6.45) is 0.822. The van der Waals surface area contributed by atoms with Crippen LogP contribution in [0.2, 0.25) is 0 Å². The number of aliphatic hydroxyl groups is 3. The number of fused-ring (bicyclic) bond motifs is 4. The number of nitrogens with one attached hydrogen (secondary N) is 1. The fourth-order valence-electron chi connectivity index (χ4n) is 5.01. The van der Waals surface area contributed by atoms with Crippen LogP contribution in [0.5, 0.6) is 0 Å². The molecule has 10 heteroatoms. The number of H-pyrrole nitrogens is 1. The summed E-state index contributed by atoms with van der Waals surface area (Å²) in [5.41, 5.74) is 3.11. The van der Waals surface area contributed by atoms with Crippen LogP contribution in [0.4, 0.5) is 5.82 Å². The molecule has 0 bridgehead atoms. The van der Waals surface area contributed by atoms with Gasteiger partial charge in [0.2, 0.25) is 0 Å². The number of nitrogens with zero attached hydrogens (tertiary/aromatic N) is 5. The molecule has 4 aromatic rings. The Bertz CT molecular complexity index is 1310. The van der Waals surface area contributed by atoms with Crippen molar-refractivity contribution in [1.29, 1.82) is 0 Å². The molecule has 5 heterocycles. The van der Waals surface area contributed by atoms with E-state index in [0.717, 1.165) is 18.5 Å². The molecule has 1 fully saturated rings. The van der Waals surface area contributed by atoms with Crippen molar-refractivity contribution in [3.63, 3.8) is 0 Å². The Morgan fingerprint density at radius 1 is 1.25 bits per heavy atom. The van der Waals surface area contributed by atoms with Crippen LogP contribution in [0.3, 0.4) is 0 Å². The predicted octanol–water partition coefficient (Wildman–Crippen LogP) is 0.872. The van der Waals surface area contributed by atoms with Crippen molar-refractivity contribution in [2.24, 2.45) is 0 Å². The Labute approximate surface area is 183 Å². The second-order valence-corrected chi connectivity index (χ2v) is 8.70. The number of aromatic nitrogens is 5. The van der Waals surface area contributed by atoms with Gasteiger partial charge in [-0.05, 0) is 25.0 Å². The lowest BCUT2D eigenvalue weighted by Crippen LogP contribution is -2.44. The lowest BCUT2D eigenvalue weighted by molar-refractivity contribution is -0.0950. The van der Waals surface area contributed by atoms with Crippen molar-refractivity contribution in [3.05, 3.63) is 48.2 Å². The van der Waals surface area contributed by atoms with Gasteiger partial charge in [0.05, 0.1) is 19.5 Å². The molecule has 10 nitrogen and oxygen atoms in total. The van der Waals surface area contributed by atoms with E-state index in [1.54, 1.807) is 4.57 Å². The maximum absolute atomic E-state index is 10.9. The zero-order chi connectivity index (χ0) is 22.0. The number of benzene rings is 1. The zero-order valence-electron chi connectivity index (χ0n) is 17.5. The molecule has 4 N–H and O–H groups in total. The smallest absolute Gasteiger partial charge is 0.168 e. The average molecular weight is 436 g/mol. The zero-order valence-corrected chi connectivity index (χ0v) is 17.5. The summed E-state index contributed by atoms with van der Waals surface area (Å²) in [4.78, 5) is 19.1.